The molecule has 1 heterocycles. The Kier molecular flexibility index (Phi) is 20.6. The number of hydrogen-bond donors (Lipinski definition) is 0. The number of nitrogens with zero attached hydrogens (tertiary/aromatic N) is 2. The van der Waals surface area contributed by atoms with E-state index in [9.17, 15) is 27.6 Å². The number of carbonyl (C=O) groups excluding carboxylic acids is 4. The van der Waals surface area contributed by atoms with E-state index >= 15 is 8.78 Å². The first-order valence-corrected chi connectivity index (χ1v) is 20.9. The summed E-state index contributed by atoms with van der Waals surface area (Å²) in [6, 6.07) is 0. The van der Waals surface area contributed by atoms with Gasteiger partial charge in [0.05, 0.1) is 31.8 Å². The molecule has 0 spiro atoms. The molecule has 55 heavy (non-hydrogen) atoms. The van der Waals surface area contributed by atoms with Crippen LogP contribution in [0.4, 0.5) is 18.4 Å². The third-order valence-corrected chi connectivity index (χ3v) is 9.65. The zero-order valence-electron chi connectivity index (χ0n) is 34.9. The van der Waals surface area contributed by atoms with Gasteiger partial charge >= 0.3 is 33.5 Å². The minimum Gasteiger partial charge on any atom is -0.443 e. The van der Waals surface area contributed by atoms with E-state index in [1.54, 1.807) is 13.8 Å². The van der Waals surface area contributed by atoms with E-state index in [1.165, 1.54) is 41.5 Å². The lowest BCUT2D eigenvalue weighted by Gasteiger charge is -2.42. The second kappa shape index (κ2) is 22.5. The standard InChI is InChI=1S/C38H68F2N2O12S/c1-11-13-15-17-19-21-23-41(24-22-20-18-16-14-12-2)31(44)38(39,40)55(47,48)52-29-37(27-50-36(9,10)51-28-37)26-49-25-30(43)42(32(45)53-34(3,4)5)33(46)54-35(6,7)8/h11-29H2,1-10H3. The fraction of sp³-hybridized carbons (Fsp3) is 0.895. The zero-order chi connectivity index (χ0) is 42.1. The Bertz CT molecular complexity index is 1280. The maximum absolute atomic E-state index is 15.7. The van der Waals surface area contributed by atoms with Gasteiger partial charge in [0.15, 0.2) is 5.79 Å². The van der Waals surface area contributed by atoms with Crippen LogP contribution in [-0.2, 0) is 47.6 Å². The SMILES string of the molecule is CCCCCCCCN(CCCCCCCC)C(=O)C(F)(F)S(=O)(=O)OCC1(COCC(=O)N(C(=O)OC(C)(C)C)C(=O)OC(C)(C)C)COC(C)(C)OC1. The molecule has 14 nitrogen and oxygen atoms in total. The van der Waals surface area contributed by atoms with Crippen molar-refractivity contribution in [2.45, 2.75) is 169 Å². The number of alkyl halides is 2. The summed E-state index contributed by atoms with van der Waals surface area (Å²) >= 11 is 0. The monoisotopic (exact) mass is 814 g/mol. The number of rotatable bonds is 23. The predicted molar refractivity (Wildman–Crippen MR) is 202 cm³/mol. The van der Waals surface area contributed by atoms with Crippen LogP contribution >= 0.6 is 0 Å². The summed E-state index contributed by atoms with van der Waals surface area (Å²) in [6.07, 6.45) is 7.56. The third kappa shape index (κ3) is 18.6. The summed E-state index contributed by atoms with van der Waals surface area (Å²) in [5.74, 6) is -4.18. The van der Waals surface area contributed by atoms with E-state index in [2.05, 4.69) is 13.8 Å². The molecule has 1 saturated heterocycles. The third-order valence-electron chi connectivity index (χ3n) is 8.42. The zero-order valence-corrected chi connectivity index (χ0v) is 35.7. The van der Waals surface area contributed by atoms with Crippen LogP contribution in [0.3, 0.4) is 0 Å². The van der Waals surface area contributed by atoms with Crippen molar-refractivity contribution >= 4 is 34.1 Å². The average molecular weight is 815 g/mol. The number of amides is 4. The second-order valence-electron chi connectivity index (χ2n) is 16.7. The van der Waals surface area contributed by atoms with E-state index in [0.29, 0.717) is 25.7 Å². The highest BCUT2D eigenvalue weighted by Gasteiger charge is 2.57. The summed E-state index contributed by atoms with van der Waals surface area (Å²) in [4.78, 5) is 53.2. The first kappa shape index (κ1) is 50.5. The topological polar surface area (TPSA) is 164 Å². The largest absolute Gasteiger partial charge is 0.447 e. The molecule has 0 aliphatic carbocycles. The Labute approximate surface area is 327 Å². The Morgan fingerprint density at radius 2 is 1.11 bits per heavy atom. The Hall–Kier alpha value is -2.47. The molecule has 17 heteroatoms. The Morgan fingerprint density at radius 1 is 0.691 bits per heavy atom. The summed E-state index contributed by atoms with van der Waals surface area (Å²) < 4.78 is 89.9. The van der Waals surface area contributed by atoms with Crippen molar-refractivity contribution in [1.82, 2.24) is 9.80 Å². The molecule has 0 radical (unpaired) electrons. The van der Waals surface area contributed by atoms with E-state index in [4.69, 9.17) is 27.9 Å². The first-order valence-electron chi connectivity index (χ1n) is 19.5. The smallest absolute Gasteiger partial charge is 0.443 e. The summed E-state index contributed by atoms with van der Waals surface area (Å²) in [6.45, 7) is 13.3. The number of hydrogen-bond acceptors (Lipinski definition) is 12. The highest BCUT2D eigenvalue weighted by Crippen LogP contribution is 2.34. The lowest BCUT2D eigenvalue weighted by atomic mass is 9.91. The lowest BCUT2D eigenvalue weighted by molar-refractivity contribution is -0.295. The van der Waals surface area contributed by atoms with Gasteiger partial charge in [-0.3, -0.25) is 13.8 Å². The van der Waals surface area contributed by atoms with E-state index in [0.717, 1.165) is 56.3 Å². The molecular weight excluding hydrogens is 746 g/mol. The van der Waals surface area contributed by atoms with Crippen molar-refractivity contribution in [3.8, 4) is 0 Å². The maximum atomic E-state index is 15.7. The fourth-order valence-corrected chi connectivity index (χ4v) is 6.20. The number of carbonyl (C=O) groups is 4. The minimum absolute atomic E-state index is 0.0167. The number of halogens is 2. The number of ether oxygens (including phenoxy) is 5. The van der Waals surface area contributed by atoms with Crippen LogP contribution in [0.1, 0.15) is 146 Å². The van der Waals surface area contributed by atoms with Crippen LogP contribution in [0.25, 0.3) is 0 Å². The van der Waals surface area contributed by atoms with Crippen LogP contribution in [0, 0.1) is 5.41 Å². The molecule has 0 unspecified atom stereocenters. The van der Waals surface area contributed by atoms with E-state index < -0.39 is 81.6 Å². The quantitative estimate of drug-likeness (QED) is 0.0723. The molecule has 0 saturated carbocycles. The highest BCUT2D eigenvalue weighted by atomic mass is 32.2. The van der Waals surface area contributed by atoms with Crippen molar-refractivity contribution in [3.63, 3.8) is 0 Å². The summed E-state index contributed by atoms with van der Waals surface area (Å²) in [5, 5.41) is -4.91. The van der Waals surface area contributed by atoms with Gasteiger partial charge in [-0.05, 0) is 68.2 Å². The summed E-state index contributed by atoms with van der Waals surface area (Å²) in [5.41, 5.74) is -3.75. The van der Waals surface area contributed by atoms with Crippen LogP contribution in [0.2, 0.25) is 0 Å². The van der Waals surface area contributed by atoms with E-state index in [1.807, 2.05) is 0 Å². The second-order valence-corrected chi connectivity index (χ2v) is 18.4. The molecular formula is C38H68F2N2O12S. The normalized spacial score (nSPS) is 16.0. The van der Waals surface area contributed by atoms with Gasteiger partial charge in [0.2, 0.25) is 0 Å². The molecule has 322 valence electrons. The van der Waals surface area contributed by atoms with Crippen LogP contribution < -0.4 is 0 Å². The van der Waals surface area contributed by atoms with Gasteiger partial charge in [0, 0.05) is 13.1 Å². The molecule has 1 aliphatic rings. The molecule has 0 aromatic rings. The molecule has 0 aromatic carbocycles. The molecule has 1 rings (SSSR count). The van der Waals surface area contributed by atoms with Crippen molar-refractivity contribution in [3.05, 3.63) is 0 Å². The van der Waals surface area contributed by atoms with Crippen LogP contribution in [0.5, 0.6) is 0 Å². The summed E-state index contributed by atoms with van der Waals surface area (Å²) in [7, 11) is -5.86. The Morgan fingerprint density at radius 3 is 1.53 bits per heavy atom. The molecule has 0 bridgehead atoms. The molecule has 1 fully saturated rings. The predicted octanol–water partition coefficient (Wildman–Crippen LogP) is 7.96. The molecule has 0 N–H and O–H groups in total. The molecule has 4 amide bonds. The van der Waals surface area contributed by atoms with Crippen LogP contribution in [-0.4, -0.2) is 111 Å². The van der Waals surface area contributed by atoms with Gasteiger partial charge in [0.25, 0.3) is 5.91 Å². The van der Waals surface area contributed by atoms with Gasteiger partial charge in [-0.1, -0.05) is 78.1 Å². The number of unbranched alkanes of at least 4 members (excludes halogenated alkanes) is 10. The molecule has 0 aromatic heterocycles. The highest BCUT2D eigenvalue weighted by molar-refractivity contribution is 7.88. The minimum atomic E-state index is -5.86. The van der Waals surface area contributed by atoms with E-state index in [-0.39, 0.29) is 31.2 Å². The van der Waals surface area contributed by atoms with Gasteiger partial charge < -0.3 is 28.6 Å². The van der Waals surface area contributed by atoms with Crippen molar-refractivity contribution in [2.75, 3.05) is 46.1 Å². The van der Waals surface area contributed by atoms with Crippen molar-refractivity contribution < 1.29 is 64.2 Å². The van der Waals surface area contributed by atoms with Crippen LogP contribution in [0.15, 0.2) is 0 Å². The van der Waals surface area contributed by atoms with Gasteiger partial charge in [-0.15, -0.1) is 4.90 Å². The van der Waals surface area contributed by atoms with Gasteiger partial charge in [-0.2, -0.15) is 17.2 Å². The number of imide groups is 3. The van der Waals surface area contributed by atoms with Gasteiger partial charge in [0.1, 0.15) is 17.8 Å². The van der Waals surface area contributed by atoms with Gasteiger partial charge in [-0.25, -0.2) is 9.59 Å². The van der Waals surface area contributed by atoms with Crippen molar-refractivity contribution in [2.24, 2.45) is 5.41 Å². The first-order chi connectivity index (χ1) is 25.3. The maximum Gasteiger partial charge on any atom is 0.447 e. The fourth-order valence-electron chi connectivity index (χ4n) is 5.31. The Balaban J connectivity index is 3.17. The molecule has 1 aliphatic heterocycles. The van der Waals surface area contributed by atoms with Crippen molar-refractivity contribution in [1.29, 1.82) is 0 Å². The average Bonchev–Trinajstić information content (AvgIpc) is 3.05. The lowest BCUT2D eigenvalue weighted by Crippen LogP contribution is -2.54. The molecule has 0 atom stereocenters.